The molecule has 0 atom stereocenters. The molecule has 2 N–H and O–H groups in total. The van der Waals surface area contributed by atoms with Crippen molar-refractivity contribution in [3.63, 3.8) is 0 Å². The van der Waals surface area contributed by atoms with E-state index in [0.29, 0.717) is 18.0 Å². The second-order valence-corrected chi connectivity index (χ2v) is 6.31. The zero-order chi connectivity index (χ0) is 17.0. The summed E-state index contributed by atoms with van der Waals surface area (Å²) in [6.45, 7) is 8.56. The van der Waals surface area contributed by atoms with Crippen LogP contribution in [0.1, 0.15) is 55.2 Å². The summed E-state index contributed by atoms with van der Waals surface area (Å²) >= 11 is 0. The number of imidazole rings is 1. The molecule has 2 aromatic heterocycles. The normalized spacial score (nSPS) is 11.2. The van der Waals surface area contributed by atoms with E-state index in [-0.39, 0.29) is 29.4 Å². The minimum atomic E-state index is -0.289. The summed E-state index contributed by atoms with van der Waals surface area (Å²) in [7, 11) is 0. The molecule has 6 heteroatoms. The van der Waals surface area contributed by atoms with Crippen molar-refractivity contribution in [1.82, 2.24) is 20.0 Å². The molecule has 23 heavy (non-hydrogen) atoms. The molecular weight excluding hydrogens is 292 g/mol. The van der Waals surface area contributed by atoms with Gasteiger partial charge in [-0.1, -0.05) is 19.9 Å². The monoisotopic (exact) mass is 316 g/mol. The fourth-order valence-electron chi connectivity index (χ4n) is 2.25. The van der Waals surface area contributed by atoms with Crippen LogP contribution in [0.25, 0.3) is 5.52 Å². The van der Waals surface area contributed by atoms with Crippen LogP contribution < -0.4 is 10.6 Å². The van der Waals surface area contributed by atoms with Gasteiger partial charge in [0, 0.05) is 18.8 Å². The Hall–Kier alpha value is -2.37. The van der Waals surface area contributed by atoms with E-state index in [4.69, 9.17) is 0 Å². The summed E-state index contributed by atoms with van der Waals surface area (Å²) in [5.41, 5.74) is 0.909. The number of aromatic nitrogens is 2. The van der Waals surface area contributed by atoms with E-state index in [1.54, 1.807) is 22.7 Å². The Morgan fingerprint density at radius 2 is 1.91 bits per heavy atom. The van der Waals surface area contributed by atoms with Gasteiger partial charge in [-0.05, 0) is 38.3 Å². The molecule has 0 spiro atoms. The third kappa shape index (κ3) is 4.09. The molecule has 0 radical (unpaired) electrons. The molecule has 0 fully saturated rings. The first kappa shape index (κ1) is 17.0. The number of carbonyl (C=O) groups is 2. The number of fused-ring (bicyclic) bond motifs is 1. The van der Waals surface area contributed by atoms with Gasteiger partial charge in [-0.25, -0.2) is 4.98 Å². The smallest absolute Gasteiger partial charge is 0.287 e. The van der Waals surface area contributed by atoms with Crippen molar-refractivity contribution in [3.8, 4) is 0 Å². The Morgan fingerprint density at radius 1 is 1.17 bits per heavy atom. The fraction of sp³-hybridized carbons (Fsp3) is 0.471. The number of hydrogen-bond donors (Lipinski definition) is 2. The molecule has 0 aliphatic rings. The van der Waals surface area contributed by atoms with Crippen molar-refractivity contribution >= 4 is 17.3 Å². The molecule has 0 aliphatic heterocycles. The number of nitrogens with zero attached hydrogens (tertiary/aromatic N) is 2. The first-order valence-corrected chi connectivity index (χ1v) is 7.96. The van der Waals surface area contributed by atoms with Gasteiger partial charge in [0.2, 0.25) is 5.82 Å². The number of carbonyl (C=O) groups excluding carboxylic acids is 2. The number of rotatable bonds is 6. The third-order valence-corrected chi connectivity index (χ3v) is 3.39. The maximum atomic E-state index is 12.4. The van der Waals surface area contributed by atoms with Gasteiger partial charge in [-0.3, -0.25) is 14.0 Å². The number of hydrogen-bond acceptors (Lipinski definition) is 3. The van der Waals surface area contributed by atoms with Gasteiger partial charge in [0.15, 0.2) is 5.69 Å². The lowest BCUT2D eigenvalue weighted by Crippen LogP contribution is -2.31. The van der Waals surface area contributed by atoms with Gasteiger partial charge in [-0.2, -0.15) is 0 Å². The second kappa shape index (κ2) is 7.26. The van der Waals surface area contributed by atoms with Crippen molar-refractivity contribution in [2.75, 3.05) is 6.54 Å². The Labute approximate surface area is 136 Å². The van der Waals surface area contributed by atoms with Gasteiger partial charge in [0.05, 0.1) is 5.52 Å². The molecule has 2 heterocycles. The number of amides is 2. The topological polar surface area (TPSA) is 75.5 Å². The number of pyridine rings is 1. The quantitative estimate of drug-likeness (QED) is 0.858. The first-order valence-electron chi connectivity index (χ1n) is 7.96. The van der Waals surface area contributed by atoms with E-state index in [0.717, 1.165) is 6.42 Å². The van der Waals surface area contributed by atoms with Gasteiger partial charge in [0.25, 0.3) is 11.8 Å². The van der Waals surface area contributed by atoms with Crippen LogP contribution in [-0.2, 0) is 0 Å². The average molecular weight is 316 g/mol. The van der Waals surface area contributed by atoms with Gasteiger partial charge >= 0.3 is 0 Å². The predicted octanol–water partition coefficient (Wildman–Crippen LogP) is 2.25. The van der Waals surface area contributed by atoms with Crippen LogP contribution in [0.3, 0.4) is 0 Å². The molecule has 124 valence electrons. The highest BCUT2D eigenvalue weighted by atomic mass is 16.2. The van der Waals surface area contributed by atoms with Crippen molar-refractivity contribution in [1.29, 1.82) is 0 Å². The maximum absolute atomic E-state index is 12.4. The lowest BCUT2D eigenvalue weighted by Gasteiger charge is -2.06. The highest BCUT2D eigenvalue weighted by Gasteiger charge is 2.21. The number of nitrogens with one attached hydrogen (secondary N) is 2. The fourth-order valence-corrected chi connectivity index (χ4v) is 2.25. The largest absolute Gasteiger partial charge is 0.351 e. The van der Waals surface area contributed by atoms with E-state index in [1.165, 1.54) is 0 Å². The van der Waals surface area contributed by atoms with E-state index >= 15 is 0 Å². The van der Waals surface area contributed by atoms with Crippen molar-refractivity contribution in [3.05, 3.63) is 35.9 Å². The van der Waals surface area contributed by atoms with E-state index in [1.807, 2.05) is 19.9 Å². The Morgan fingerprint density at radius 3 is 2.57 bits per heavy atom. The summed E-state index contributed by atoms with van der Waals surface area (Å²) < 4.78 is 1.65. The Bertz CT molecular complexity index is 704. The van der Waals surface area contributed by atoms with E-state index in [2.05, 4.69) is 29.5 Å². The van der Waals surface area contributed by atoms with Crippen LogP contribution in [0, 0.1) is 5.92 Å². The molecule has 2 amide bonds. The first-order chi connectivity index (χ1) is 10.9. The van der Waals surface area contributed by atoms with Gasteiger partial charge < -0.3 is 10.6 Å². The molecule has 0 unspecified atom stereocenters. The summed E-state index contributed by atoms with van der Waals surface area (Å²) in [6.07, 6.45) is 2.64. The Kier molecular flexibility index (Phi) is 5.36. The molecule has 0 saturated heterocycles. The minimum absolute atomic E-state index is 0.00174. The van der Waals surface area contributed by atoms with E-state index in [9.17, 15) is 9.59 Å². The predicted molar refractivity (Wildman–Crippen MR) is 89.6 cm³/mol. The van der Waals surface area contributed by atoms with E-state index < -0.39 is 0 Å². The van der Waals surface area contributed by atoms with Crippen LogP contribution in [0.5, 0.6) is 0 Å². The van der Waals surface area contributed by atoms with Crippen molar-refractivity contribution < 1.29 is 9.59 Å². The SMILES string of the molecule is CC(C)CCNC(=O)c1nc(C(=O)NC(C)C)n2ccccc12. The lowest BCUT2D eigenvalue weighted by molar-refractivity contribution is 0.0932. The highest BCUT2D eigenvalue weighted by molar-refractivity contribution is 6.02. The van der Waals surface area contributed by atoms with Crippen LogP contribution in [-0.4, -0.2) is 33.8 Å². The van der Waals surface area contributed by atoms with Crippen LogP contribution in [0.15, 0.2) is 24.4 Å². The molecule has 2 aromatic rings. The van der Waals surface area contributed by atoms with Crippen LogP contribution in [0.2, 0.25) is 0 Å². The van der Waals surface area contributed by atoms with Crippen molar-refractivity contribution in [2.45, 2.75) is 40.2 Å². The second-order valence-electron chi connectivity index (χ2n) is 6.31. The summed E-state index contributed by atoms with van der Waals surface area (Å²) in [4.78, 5) is 28.9. The zero-order valence-corrected chi connectivity index (χ0v) is 14.1. The maximum Gasteiger partial charge on any atom is 0.287 e. The molecule has 0 bridgehead atoms. The Balaban J connectivity index is 2.30. The molecule has 6 nitrogen and oxygen atoms in total. The molecule has 0 aliphatic carbocycles. The van der Waals surface area contributed by atoms with Crippen molar-refractivity contribution in [2.24, 2.45) is 5.92 Å². The van der Waals surface area contributed by atoms with Gasteiger partial charge in [-0.15, -0.1) is 0 Å². The third-order valence-electron chi connectivity index (χ3n) is 3.39. The molecule has 0 aromatic carbocycles. The van der Waals surface area contributed by atoms with Crippen LogP contribution in [0.4, 0.5) is 0 Å². The lowest BCUT2D eigenvalue weighted by atomic mass is 10.1. The molecule has 0 saturated carbocycles. The summed E-state index contributed by atoms with van der Waals surface area (Å²) in [5.74, 6) is 0.199. The standard InChI is InChI=1S/C17H24N4O2/c1-11(2)8-9-18-16(22)14-13-7-5-6-10-21(13)15(20-14)17(23)19-12(3)4/h5-7,10-12H,8-9H2,1-4H3,(H,18,22)(H,19,23). The molecule has 2 rings (SSSR count). The molecular formula is C17H24N4O2. The summed E-state index contributed by atoms with van der Waals surface area (Å²) in [5, 5.41) is 5.68. The van der Waals surface area contributed by atoms with Gasteiger partial charge in [0.1, 0.15) is 0 Å². The summed E-state index contributed by atoms with van der Waals surface area (Å²) in [6, 6.07) is 5.42. The minimum Gasteiger partial charge on any atom is -0.351 e. The highest BCUT2D eigenvalue weighted by Crippen LogP contribution is 2.13. The average Bonchev–Trinajstić information content (AvgIpc) is 2.85. The van der Waals surface area contributed by atoms with Crippen LogP contribution >= 0.6 is 0 Å². The zero-order valence-electron chi connectivity index (χ0n) is 14.1.